The molecule has 3 unspecified atom stereocenters. The monoisotopic (exact) mass is 247 g/mol. The first-order valence-corrected chi connectivity index (χ1v) is 6.76. The van der Waals surface area contributed by atoms with E-state index in [0.29, 0.717) is 23.7 Å². The van der Waals surface area contributed by atoms with Gasteiger partial charge in [-0.05, 0) is 44.7 Å². The van der Waals surface area contributed by atoms with Gasteiger partial charge in [-0.1, -0.05) is 0 Å². The molecular weight excluding hydrogens is 226 g/mol. The van der Waals surface area contributed by atoms with E-state index in [9.17, 15) is 5.11 Å². The molecule has 3 rings (SSSR count). The average molecular weight is 247 g/mol. The van der Waals surface area contributed by atoms with E-state index in [1.165, 1.54) is 12.8 Å². The lowest BCUT2D eigenvalue weighted by Crippen LogP contribution is -2.41. The SMILES string of the molecule is CN1C2CCC1CC(C(O)c1cnccc1N)C2. The van der Waals surface area contributed by atoms with Crippen LogP contribution in [0.3, 0.4) is 0 Å². The van der Waals surface area contributed by atoms with Gasteiger partial charge in [0, 0.05) is 35.7 Å². The van der Waals surface area contributed by atoms with E-state index in [1.54, 1.807) is 18.5 Å². The Morgan fingerprint density at radius 2 is 2.06 bits per heavy atom. The second-order valence-corrected chi connectivity index (χ2v) is 5.73. The third kappa shape index (κ3) is 1.89. The maximum absolute atomic E-state index is 10.5. The average Bonchev–Trinajstić information content (AvgIpc) is 2.61. The number of hydrogen-bond acceptors (Lipinski definition) is 4. The van der Waals surface area contributed by atoms with E-state index < -0.39 is 6.10 Å². The molecule has 4 nitrogen and oxygen atoms in total. The molecular formula is C14H21N3O. The molecule has 0 saturated carbocycles. The largest absolute Gasteiger partial charge is 0.398 e. The number of aromatic nitrogens is 1. The van der Waals surface area contributed by atoms with E-state index in [1.807, 2.05) is 0 Å². The fraction of sp³-hybridized carbons (Fsp3) is 0.643. The summed E-state index contributed by atoms with van der Waals surface area (Å²) in [6.45, 7) is 0. The minimum atomic E-state index is -0.463. The molecule has 2 aliphatic rings. The van der Waals surface area contributed by atoms with E-state index in [-0.39, 0.29) is 0 Å². The Bertz CT molecular complexity index is 423. The third-order valence-electron chi connectivity index (χ3n) is 4.79. The van der Waals surface area contributed by atoms with Crippen molar-refractivity contribution in [1.82, 2.24) is 9.88 Å². The summed E-state index contributed by atoms with van der Waals surface area (Å²) in [4.78, 5) is 6.56. The maximum atomic E-state index is 10.5. The van der Waals surface area contributed by atoms with Crippen molar-refractivity contribution in [3.8, 4) is 0 Å². The molecule has 2 fully saturated rings. The van der Waals surface area contributed by atoms with Crippen molar-refractivity contribution in [2.24, 2.45) is 5.92 Å². The van der Waals surface area contributed by atoms with Crippen LogP contribution in [0, 0.1) is 5.92 Å². The summed E-state index contributed by atoms with van der Waals surface area (Å²) in [5.41, 5.74) is 7.38. The van der Waals surface area contributed by atoms with Crippen LogP contribution in [0.15, 0.2) is 18.5 Å². The molecule has 4 heteroatoms. The fourth-order valence-corrected chi connectivity index (χ4v) is 3.63. The van der Waals surface area contributed by atoms with Crippen molar-refractivity contribution >= 4 is 5.69 Å². The Labute approximate surface area is 108 Å². The molecule has 2 aliphatic heterocycles. The van der Waals surface area contributed by atoms with Gasteiger partial charge in [0.25, 0.3) is 0 Å². The number of anilines is 1. The number of nitrogens with two attached hydrogens (primary N) is 1. The van der Waals surface area contributed by atoms with Crippen LogP contribution in [0.1, 0.15) is 37.4 Å². The van der Waals surface area contributed by atoms with Gasteiger partial charge in [0.05, 0.1) is 6.10 Å². The molecule has 2 saturated heterocycles. The Balaban J connectivity index is 1.78. The molecule has 18 heavy (non-hydrogen) atoms. The quantitative estimate of drug-likeness (QED) is 0.832. The molecule has 0 radical (unpaired) electrons. The van der Waals surface area contributed by atoms with Crippen LogP contribution in [0.5, 0.6) is 0 Å². The normalized spacial score (nSPS) is 33.6. The highest BCUT2D eigenvalue weighted by molar-refractivity contribution is 5.45. The van der Waals surface area contributed by atoms with Crippen molar-refractivity contribution in [3.63, 3.8) is 0 Å². The van der Waals surface area contributed by atoms with Crippen LogP contribution < -0.4 is 5.73 Å². The number of nitrogen functional groups attached to an aromatic ring is 1. The summed E-state index contributed by atoms with van der Waals surface area (Å²) in [5, 5.41) is 10.5. The van der Waals surface area contributed by atoms with Crippen molar-refractivity contribution in [1.29, 1.82) is 0 Å². The van der Waals surface area contributed by atoms with Crippen molar-refractivity contribution in [2.45, 2.75) is 43.9 Å². The first kappa shape index (κ1) is 11.9. The third-order valence-corrected chi connectivity index (χ3v) is 4.79. The van der Waals surface area contributed by atoms with Gasteiger partial charge < -0.3 is 15.7 Å². The number of fused-ring (bicyclic) bond motifs is 2. The molecule has 1 aromatic heterocycles. The minimum absolute atomic E-state index is 0.324. The highest BCUT2D eigenvalue weighted by Gasteiger charge is 2.41. The molecule has 0 amide bonds. The lowest BCUT2D eigenvalue weighted by Gasteiger charge is -2.38. The van der Waals surface area contributed by atoms with E-state index in [0.717, 1.165) is 18.4 Å². The molecule has 0 aliphatic carbocycles. The molecule has 0 spiro atoms. The number of nitrogens with zero attached hydrogens (tertiary/aromatic N) is 2. The van der Waals surface area contributed by atoms with Crippen LogP contribution in [0.4, 0.5) is 5.69 Å². The van der Waals surface area contributed by atoms with Gasteiger partial charge in [-0.25, -0.2) is 0 Å². The van der Waals surface area contributed by atoms with Crippen molar-refractivity contribution in [3.05, 3.63) is 24.0 Å². The Morgan fingerprint density at radius 1 is 1.39 bits per heavy atom. The van der Waals surface area contributed by atoms with Crippen LogP contribution in [0.25, 0.3) is 0 Å². The van der Waals surface area contributed by atoms with Gasteiger partial charge in [-0.2, -0.15) is 0 Å². The summed E-state index contributed by atoms with van der Waals surface area (Å²) in [7, 11) is 2.21. The zero-order valence-electron chi connectivity index (χ0n) is 10.8. The van der Waals surface area contributed by atoms with E-state index in [4.69, 9.17) is 5.73 Å². The molecule has 0 aromatic carbocycles. The molecule has 3 heterocycles. The topological polar surface area (TPSA) is 62.4 Å². The first-order valence-electron chi connectivity index (χ1n) is 6.76. The van der Waals surface area contributed by atoms with Crippen molar-refractivity contribution < 1.29 is 5.11 Å². The fourth-order valence-electron chi connectivity index (χ4n) is 3.63. The predicted octanol–water partition coefficient (Wildman–Crippen LogP) is 1.57. The Morgan fingerprint density at radius 3 is 2.67 bits per heavy atom. The Hall–Kier alpha value is -1.13. The minimum Gasteiger partial charge on any atom is -0.398 e. The standard InChI is InChI=1S/C14H21N3O/c1-17-10-2-3-11(17)7-9(6-10)14(18)12-8-16-5-4-13(12)15/h4-5,8-11,14,18H,2-3,6-7H2,1H3,(H2,15,16). The maximum Gasteiger partial charge on any atom is 0.0854 e. The predicted molar refractivity (Wildman–Crippen MR) is 70.9 cm³/mol. The highest BCUT2D eigenvalue weighted by Crippen LogP contribution is 2.43. The van der Waals surface area contributed by atoms with Crippen LogP contribution in [0.2, 0.25) is 0 Å². The van der Waals surface area contributed by atoms with Crippen LogP contribution in [-0.4, -0.2) is 34.1 Å². The number of piperidine rings is 1. The summed E-state index contributed by atoms with van der Waals surface area (Å²) in [5.74, 6) is 0.324. The highest BCUT2D eigenvalue weighted by atomic mass is 16.3. The Kier molecular flexibility index (Phi) is 2.99. The van der Waals surface area contributed by atoms with Crippen LogP contribution >= 0.6 is 0 Å². The zero-order chi connectivity index (χ0) is 12.7. The molecule has 2 bridgehead atoms. The second kappa shape index (κ2) is 4.52. The van der Waals surface area contributed by atoms with Gasteiger partial charge in [-0.3, -0.25) is 4.98 Å². The smallest absolute Gasteiger partial charge is 0.0854 e. The van der Waals surface area contributed by atoms with E-state index >= 15 is 0 Å². The zero-order valence-corrected chi connectivity index (χ0v) is 10.8. The number of aliphatic hydroxyl groups is 1. The lowest BCUT2D eigenvalue weighted by molar-refractivity contribution is 0.0358. The second-order valence-electron chi connectivity index (χ2n) is 5.73. The number of aliphatic hydroxyl groups excluding tert-OH is 1. The van der Waals surface area contributed by atoms with Crippen LogP contribution in [-0.2, 0) is 0 Å². The molecule has 1 aromatic rings. The molecule has 98 valence electrons. The van der Waals surface area contributed by atoms with Gasteiger partial charge >= 0.3 is 0 Å². The number of pyridine rings is 1. The van der Waals surface area contributed by atoms with Crippen molar-refractivity contribution in [2.75, 3.05) is 12.8 Å². The van der Waals surface area contributed by atoms with Gasteiger partial charge in [0.15, 0.2) is 0 Å². The van der Waals surface area contributed by atoms with E-state index in [2.05, 4.69) is 16.9 Å². The first-order chi connectivity index (χ1) is 8.66. The van der Waals surface area contributed by atoms with Gasteiger partial charge in [0.2, 0.25) is 0 Å². The lowest BCUT2D eigenvalue weighted by atomic mass is 9.84. The summed E-state index contributed by atoms with van der Waals surface area (Å²) in [6, 6.07) is 3.05. The summed E-state index contributed by atoms with van der Waals surface area (Å²) < 4.78 is 0. The van der Waals surface area contributed by atoms with Gasteiger partial charge in [0.1, 0.15) is 0 Å². The summed E-state index contributed by atoms with van der Waals surface area (Å²) >= 11 is 0. The summed E-state index contributed by atoms with van der Waals surface area (Å²) in [6.07, 6.45) is 7.60. The molecule has 3 N–H and O–H groups in total. The number of hydrogen-bond donors (Lipinski definition) is 2. The number of rotatable bonds is 2. The molecule has 3 atom stereocenters. The van der Waals surface area contributed by atoms with Gasteiger partial charge in [-0.15, -0.1) is 0 Å².